The van der Waals surface area contributed by atoms with Gasteiger partial charge in [0.2, 0.25) is 0 Å². The molecule has 0 radical (unpaired) electrons. The Morgan fingerprint density at radius 3 is 2.64 bits per heavy atom. The third-order valence-corrected chi connectivity index (χ3v) is 1.32. The van der Waals surface area contributed by atoms with E-state index in [1.807, 2.05) is 0 Å². The molecule has 1 heterocycles. The lowest BCUT2D eigenvalue weighted by Gasteiger charge is -2.08. The van der Waals surface area contributed by atoms with Gasteiger partial charge in [0, 0.05) is 26.0 Å². The molecule has 0 aromatic carbocycles. The van der Waals surface area contributed by atoms with E-state index in [1.54, 1.807) is 32.1 Å². The molecule has 0 aliphatic rings. The summed E-state index contributed by atoms with van der Waals surface area (Å²) in [7, 11) is 3.57. The maximum atomic E-state index is 11.1. The number of aromatic amines is 1. The number of hydrogen-bond acceptors (Lipinski definition) is 3. The molecule has 0 fully saturated rings. The smallest absolute Gasteiger partial charge is 0.291 e. The van der Waals surface area contributed by atoms with Crippen molar-refractivity contribution < 1.29 is 0 Å². The molecule has 4 heteroatoms. The van der Waals surface area contributed by atoms with Crippen LogP contribution in [0.15, 0.2) is 11.0 Å². The Morgan fingerprint density at radius 1 is 1.55 bits per heavy atom. The molecule has 0 spiro atoms. The van der Waals surface area contributed by atoms with Crippen molar-refractivity contribution in [3.63, 3.8) is 0 Å². The van der Waals surface area contributed by atoms with Gasteiger partial charge in [-0.2, -0.15) is 0 Å². The summed E-state index contributed by atoms with van der Waals surface area (Å²) in [6.45, 7) is 1.80. The van der Waals surface area contributed by atoms with Crippen molar-refractivity contribution in [3.05, 3.63) is 22.2 Å². The molecular weight excluding hydrogens is 142 g/mol. The van der Waals surface area contributed by atoms with Gasteiger partial charge >= 0.3 is 0 Å². The van der Waals surface area contributed by atoms with E-state index in [-0.39, 0.29) is 5.56 Å². The predicted octanol–water partition coefficient (Wildman–Crippen LogP) is 0.144. The number of anilines is 1. The van der Waals surface area contributed by atoms with Crippen LogP contribution in [0.25, 0.3) is 0 Å². The van der Waals surface area contributed by atoms with E-state index in [1.165, 1.54) is 0 Å². The molecule has 0 saturated carbocycles. The topological polar surface area (TPSA) is 49.0 Å². The summed E-state index contributed by atoms with van der Waals surface area (Å²) in [5, 5.41) is 0. The Morgan fingerprint density at radius 2 is 2.18 bits per heavy atom. The molecular formula is C7H11N3O. The van der Waals surface area contributed by atoms with Gasteiger partial charge in [0.05, 0.1) is 0 Å². The molecule has 1 aromatic rings. The first-order chi connectivity index (χ1) is 5.11. The van der Waals surface area contributed by atoms with Crippen LogP contribution in [0.2, 0.25) is 0 Å². The SMILES string of the molecule is Cc1cnc(N(C)C)c(=O)[nH]1. The zero-order chi connectivity index (χ0) is 8.43. The largest absolute Gasteiger partial charge is 0.358 e. The number of nitrogens with zero attached hydrogens (tertiary/aromatic N) is 2. The first-order valence-corrected chi connectivity index (χ1v) is 3.34. The van der Waals surface area contributed by atoms with Gasteiger partial charge in [0.15, 0.2) is 5.82 Å². The zero-order valence-corrected chi connectivity index (χ0v) is 6.88. The van der Waals surface area contributed by atoms with Crippen LogP contribution in [0.1, 0.15) is 5.69 Å². The van der Waals surface area contributed by atoms with Crippen LogP contribution in [0.5, 0.6) is 0 Å². The van der Waals surface area contributed by atoms with E-state index >= 15 is 0 Å². The molecule has 0 aliphatic carbocycles. The number of H-pyrrole nitrogens is 1. The molecule has 0 amide bonds. The Kier molecular flexibility index (Phi) is 1.94. The predicted molar refractivity (Wildman–Crippen MR) is 43.9 cm³/mol. The van der Waals surface area contributed by atoms with Crippen molar-refractivity contribution in [1.82, 2.24) is 9.97 Å². The number of nitrogens with one attached hydrogen (secondary N) is 1. The average Bonchev–Trinajstić information content (AvgIpc) is 1.85. The highest BCUT2D eigenvalue weighted by Gasteiger charge is 2.01. The second-order valence-electron chi connectivity index (χ2n) is 2.61. The van der Waals surface area contributed by atoms with Crippen LogP contribution in [-0.2, 0) is 0 Å². The fraction of sp³-hybridized carbons (Fsp3) is 0.429. The van der Waals surface area contributed by atoms with E-state index in [0.29, 0.717) is 5.82 Å². The van der Waals surface area contributed by atoms with E-state index in [0.717, 1.165) is 5.69 Å². The Balaban J connectivity index is 3.21. The highest BCUT2D eigenvalue weighted by Crippen LogP contribution is 1.95. The standard InChI is InChI=1S/C7H11N3O/c1-5-4-8-6(10(2)3)7(11)9-5/h4H,1-3H3,(H,9,11). The minimum atomic E-state index is -0.144. The first kappa shape index (κ1) is 7.78. The van der Waals surface area contributed by atoms with Crippen LogP contribution in [-0.4, -0.2) is 24.1 Å². The molecule has 0 unspecified atom stereocenters. The summed E-state index contributed by atoms with van der Waals surface area (Å²) in [4.78, 5) is 19.4. The number of hydrogen-bond donors (Lipinski definition) is 1. The Hall–Kier alpha value is -1.32. The maximum absolute atomic E-state index is 11.1. The first-order valence-electron chi connectivity index (χ1n) is 3.34. The Labute approximate surface area is 64.9 Å². The second-order valence-corrected chi connectivity index (χ2v) is 2.61. The maximum Gasteiger partial charge on any atom is 0.291 e. The quantitative estimate of drug-likeness (QED) is 0.624. The minimum Gasteiger partial charge on any atom is -0.358 e. The molecule has 0 bridgehead atoms. The van der Waals surface area contributed by atoms with Gasteiger partial charge in [0.25, 0.3) is 5.56 Å². The van der Waals surface area contributed by atoms with Gasteiger partial charge in [-0.15, -0.1) is 0 Å². The van der Waals surface area contributed by atoms with Crippen LogP contribution in [0.4, 0.5) is 5.82 Å². The molecule has 1 aromatic heterocycles. The normalized spacial score (nSPS) is 9.73. The zero-order valence-electron chi connectivity index (χ0n) is 6.88. The highest BCUT2D eigenvalue weighted by molar-refractivity contribution is 5.32. The van der Waals surface area contributed by atoms with Crippen molar-refractivity contribution in [2.24, 2.45) is 0 Å². The Bertz CT molecular complexity index is 303. The van der Waals surface area contributed by atoms with E-state index < -0.39 is 0 Å². The van der Waals surface area contributed by atoms with Gasteiger partial charge < -0.3 is 9.88 Å². The molecule has 60 valence electrons. The van der Waals surface area contributed by atoms with E-state index in [2.05, 4.69) is 9.97 Å². The summed E-state index contributed by atoms with van der Waals surface area (Å²) in [6, 6.07) is 0. The average molecular weight is 153 g/mol. The molecule has 0 aliphatic heterocycles. The van der Waals surface area contributed by atoms with Crippen molar-refractivity contribution in [2.75, 3.05) is 19.0 Å². The third-order valence-electron chi connectivity index (χ3n) is 1.32. The van der Waals surface area contributed by atoms with Gasteiger partial charge in [-0.05, 0) is 6.92 Å². The van der Waals surface area contributed by atoms with Gasteiger partial charge in [-0.25, -0.2) is 4.98 Å². The highest BCUT2D eigenvalue weighted by atomic mass is 16.1. The minimum absolute atomic E-state index is 0.144. The third kappa shape index (κ3) is 1.58. The second kappa shape index (κ2) is 2.74. The van der Waals surface area contributed by atoms with Gasteiger partial charge in [-0.3, -0.25) is 4.79 Å². The summed E-state index contributed by atoms with van der Waals surface area (Å²) in [5.41, 5.74) is 0.635. The van der Waals surface area contributed by atoms with Crippen LogP contribution in [0.3, 0.4) is 0 Å². The summed E-state index contributed by atoms with van der Waals surface area (Å²) in [6.07, 6.45) is 1.64. The summed E-state index contributed by atoms with van der Waals surface area (Å²) >= 11 is 0. The fourth-order valence-corrected chi connectivity index (χ4v) is 0.802. The lowest BCUT2D eigenvalue weighted by atomic mass is 10.5. The molecule has 1 N–H and O–H groups in total. The summed E-state index contributed by atoms with van der Waals surface area (Å²) < 4.78 is 0. The number of aromatic nitrogens is 2. The molecule has 4 nitrogen and oxygen atoms in total. The number of aryl methyl sites for hydroxylation is 1. The van der Waals surface area contributed by atoms with Crippen molar-refractivity contribution in [3.8, 4) is 0 Å². The lowest BCUT2D eigenvalue weighted by Crippen LogP contribution is -2.22. The lowest BCUT2D eigenvalue weighted by molar-refractivity contribution is 0.986. The van der Waals surface area contributed by atoms with Crippen LogP contribution < -0.4 is 10.5 Å². The molecule has 11 heavy (non-hydrogen) atoms. The number of rotatable bonds is 1. The summed E-state index contributed by atoms with van der Waals surface area (Å²) in [5.74, 6) is 0.440. The van der Waals surface area contributed by atoms with Gasteiger partial charge in [0.1, 0.15) is 0 Å². The van der Waals surface area contributed by atoms with Crippen molar-refractivity contribution in [1.29, 1.82) is 0 Å². The molecule has 1 rings (SSSR count). The van der Waals surface area contributed by atoms with Crippen LogP contribution in [0, 0.1) is 6.92 Å². The fourth-order valence-electron chi connectivity index (χ4n) is 0.802. The van der Waals surface area contributed by atoms with Crippen molar-refractivity contribution in [2.45, 2.75) is 6.92 Å². The molecule has 0 atom stereocenters. The van der Waals surface area contributed by atoms with Crippen LogP contribution >= 0.6 is 0 Å². The van der Waals surface area contributed by atoms with Crippen molar-refractivity contribution >= 4 is 5.82 Å². The van der Waals surface area contributed by atoms with E-state index in [4.69, 9.17) is 0 Å². The van der Waals surface area contributed by atoms with E-state index in [9.17, 15) is 4.79 Å². The van der Waals surface area contributed by atoms with Gasteiger partial charge in [-0.1, -0.05) is 0 Å². The molecule has 0 saturated heterocycles. The monoisotopic (exact) mass is 153 g/mol.